The fourth-order valence-corrected chi connectivity index (χ4v) is 3.09. The number of hydrogen-bond donors (Lipinski definition) is 2. The van der Waals surface area contributed by atoms with Gasteiger partial charge in [0.1, 0.15) is 4.91 Å². The monoisotopic (exact) mass is 542 g/mol. The van der Waals surface area contributed by atoms with Crippen molar-refractivity contribution in [3.8, 4) is 0 Å². The maximum atomic E-state index is 12.4. The Labute approximate surface area is 210 Å². The summed E-state index contributed by atoms with van der Waals surface area (Å²) in [5, 5.41) is 40.7. The lowest BCUT2D eigenvalue weighted by Crippen LogP contribution is -2.52. The molecule has 0 radical (unpaired) electrons. The number of benzene rings is 2. The minimum absolute atomic E-state index is 0.114. The van der Waals surface area contributed by atoms with Gasteiger partial charge in [0.05, 0.1) is 9.85 Å². The van der Waals surface area contributed by atoms with E-state index >= 15 is 0 Å². The molecule has 204 valence electrons. The Morgan fingerprint density at radius 3 is 1.16 bits per heavy atom. The van der Waals surface area contributed by atoms with Crippen LogP contribution in [0.15, 0.2) is 48.5 Å². The van der Waals surface area contributed by atoms with Gasteiger partial charge in [0, 0.05) is 24.3 Å². The minimum atomic E-state index is -2.23. The van der Waals surface area contributed by atoms with E-state index < -0.39 is 48.8 Å². The van der Waals surface area contributed by atoms with E-state index in [9.17, 15) is 45.4 Å². The lowest BCUT2D eigenvalue weighted by Gasteiger charge is -2.30. The SMILES string of the molecule is CC(O[N+](=O)[O-])(c1ccc([N+](=O)[O-])cc1)C(N)O[N+](=O)OC(N)C(C)(O[N+](=O)[O-])c1ccc([N+](=O)[O-])cc1. The van der Waals surface area contributed by atoms with Gasteiger partial charge in [-0.2, -0.15) is 9.68 Å². The average Bonchev–Trinajstić information content (AvgIpc) is 2.82. The lowest BCUT2D eigenvalue weighted by molar-refractivity contribution is -1.000. The van der Waals surface area contributed by atoms with E-state index in [2.05, 4.69) is 9.68 Å². The first-order chi connectivity index (χ1) is 17.6. The largest absolute Gasteiger partial charge is 0.481 e. The zero-order valence-electron chi connectivity index (χ0n) is 19.5. The Hall–Kier alpha value is -5.24. The summed E-state index contributed by atoms with van der Waals surface area (Å²) < 4.78 is 0. The number of hydrogen-bond acceptors (Lipinski definition) is 15. The van der Waals surface area contributed by atoms with E-state index in [0.717, 1.165) is 62.4 Å². The van der Waals surface area contributed by atoms with Crippen LogP contribution in [-0.4, -0.2) is 37.6 Å². The molecule has 0 aliphatic rings. The number of nitro groups is 2. The van der Waals surface area contributed by atoms with E-state index in [4.69, 9.17) is 21.1 Å². The third kappa shape index (κ3) is 6.50. The van der Waals surface area contributed by atoms with Gasteiger partial charge in [0.2, 0.25) is 0 Å². The summed E-state index contributed by atoms with van der Waals surface area (Å²) in [6.07, 6.45) is -4.03. The second-order valence-electron chi connectivity index (χ2n) is 7.73. The summed E-state index contributed by atoms with van der Waals surface area (Å²) >= 11 is 0. The topological polar surface area (TPSA) is 282 Å². The Morgan fingerprint density at radius 2 is 0.921 bits per heavy atom. The molecule has 0 heterocycles. The zero-order chi connectivity index (χ0) is 28.8. The van der Waals surface area contributed by atoms with Crippen molar-refractivity contribution in [2.45, 2.75) is 37.5 Å². The van der Waals surface area contributed by atoms with Crippen LogP contribution in [0.1, 0.15) is 25.0 Å². The van der Waals surface area contributed by atoms with Crippen LogP contribution in [-0.2, 0) is 30.6 Å². The molecule has 2 aromatic rings. The summed E-state index contributed by atoms with van der Waals surface area (Å²) in [6.45, 7) is 2.07. The van der Waals surface area contributed by atoms with Crippen molar-refractivity contribution in [1.82, 2.24) is 0 Å². The zero-order valence-corrected chi connectivity index (χ0v) is 19.5. The first-order valence-corrected chi connectivity index (χ1v) is 10.1. The van der Waals surface area contributed by atoms with Crippen LogP contribution in [0.5, 0.6) is 0 Å². The van der Waals surface area contributed by atoms with E-state index in [-0.39, 0.29) is 22.5 Å². The molecule has 4 atom stereocenters. The Bertz CT molecular complexity index is 1130. The number of nitrogens with zero attached hydrogens (tertiary/aromatic N) is 5. The summed E-state index contributed by atoms with van der Waals surface area (Å²) in [5.74, 6) is 0. The fraction of sp³-hybridized carbons (Fsp3) is 0.333. The van der Waals surface area contributed by atoms with Gasteiger partial charge >= 0.3 is 5.09 Å². The smallest absolute Gasteiger partial charge is 0.297 e. The highest BCUT2D eigenvalue weighted by Crippen LogP contribution is 2.33. The average molecular weight is 542 g/mol. The first kappa shape index (κ1) is 29.0. The Morgan fingerprint density at radius 1 is 0.632 bits per heavy atom. The molecular formula is C18H20N7O13+. The highest BCUT2D eigenvalue weighted by molar-refractivity contribution is 5.36. The van der Waals surface area contributed by atoms with Gasteiger partial charge in [-0.3, -0.25) is 41.4 Å². The summed E-state index contributed by atoms with van der Waals surface area (Å²) in [5.41, 5.74) is 6.20. The van der Waals surface area contributed by atoms with Crippen molar-refractivity contribution in [1.29, 1.82) is 0 Å². The van der Waals surface area contributed by atoms with Gasteiger partial charge in [-0.25, -0.2) is 0 Å². The van der Waals surface area contributed by atoms with Crippen molar-refractivity contribution in [2.24, 2.45) is 11.5 Å². The van der Waals surface area contributed by atoms with Gasteiger partial charge in [-0.1, -0.05) is 0 Å². The Kier molecular flexibility index (Phi) is 8.56. The van der Waals surface area contributed by atoms with E-state index in [1.165, 1.54) is 0 Å². The van der Waals surface area contributed by atoms with E-state index in [1.54, 1.807) is 0 Å². The second kappa shape index (κ2) is 11.2. The standard InChI is InChI=1S/C18H20N7O13/c1-17(37-23(30)31,11-3-7-13(8-4-11)21(26)27)15(19)35-25(34)36-16(20)18(2,38-24(32)33)12-5-9-14(10-6-12)22(28)29/h3-10,15-16H,19-20H2,1-2H3/q+1. The number of rotatable bonds is 14. The quantitative estimate of drug-likeness (QED) is 0.193. The molecule has 20 heteroatoms. The molecule has 0 fully saturated rings. The number of nitrogens with two attached hydrogens (primary N) is 2. The third-order valence-electron chi connectivity index (χ3n) is 5.32. The first-order valence-electron chi connectivity index (χ1n) is 10.1. The summed E-state index contributed by atoms with van der Waals surface area (Å²) in [7, 11) is 0. The predicted molar refractivity (Wildman–Crippen MR) is 119 cm³/mol. The molecule has 4 unspecified atom stereocenters. The maximum absolute atomic E-state index is 12.4. The molecule has 0 aliphatic carbocycles. The fourth-order valence-electron chi connectivity index (χ4n) is 3.09. The van der Waals surface area contributed by atoms with E-state index in [0.29, 0.717) is 0 Å². The van der Waals surface area contributed by atoms with Gasteiger partial charge in [0.25, 0.3) is 34.0 Å². The van der Waals surface area contributed by atoms with Crippen LogP contribution in [0.3, 0.4) is 0 Å². The maximum Gasteiger partial charge on any atom is 0.481 e. The molecule has 4 N–H and O–H groups in total. The Balaban J connectivity index is 2.28. The lowest BCUT2D eigenvalue weighted by atomic mass is 9.94. The molecule has 38 heavy (non-hydrogen) atoms. The van der Waals surface area contributed by atoms with Crippen molar-refractivity contribution in [2.75, 3.05) is 0 Å². The molecule has 0 saturated heterocycles. The van der Waals surface area contributed by atoms with Gasteiger partial charge in [-0.05, 0) is 49.2 Å². The van der Waals surface area contributed by atoms with Crippen LogP contribution < -0.4 is 11.5 Å². The molecule has 0 amide bonds. The second-order valence-corrected chi connectivity index (χ2v) is 7.73. The minimum Gasteiger partial charge on any atom is -0.297 e. The summed E-state index contributed by atoms with van der Waals surface area (Å²) in [4.78, 5) is 73.6. The highest BCUT2D eigenvalue weighted by atomic mass is 17.0. The van der Waals surface area contributed by atoms with Crippen LogP contribution in [0, 0.1) is 45.4 Å². The normalized spacial score (nSPS) is 15.5. The molecule has 0 saturated carbocycles. The molecule has 0 aliphatic heterocycles. The number of non-ortho nitro benzene ring substituents is 2. The van der Waals surface area contributed by atoms with Crippen molar-refractivity contribution in [3.05, 3.63) is 105 Å². The van der Waals surface area contributed by atoms with E-state index in [1.807, 2.05) is 0 Å². The van der Waals surface area contributed by atoms with Crippen molar-refractivity contribution < 1.29 is 44.5 Å². The number of nitro benzene ring substituents is 2. The molecule has 2 aromatic carbocycles. The van der Waals surface area contributed by atoms with Crippen LogP contribution in [0.2, 0.25) is 0 Å². The molecule has 0 bridgehead atoms. The van der Waals surface area contributed by atoms with Crippen molar-refractivity contribution in [3.63, 3.8) is 0 Å². The third-order valence-corrected chi connectivity index (χ3v) is 5.32. The molecular weight excluding hydrogens is 522 g/mol. The van der Waals surface area contributed by atoms with Crippen LogP contribution >= 0.6 is 0 Å². The summed E-state index contributed by atoms with van der Waals surface area (Å²) in [6, 6.07) is 8.27. The predicted octanol–water partition coefficient (Wildman–Crippen LogP) is 1.26. The van der Waals surface area contributed by atoms with Crippen LogP contribution in [0.25, 0.3) is 0 Å². The molecule has 2 rings (SSSR count). The van der Waals surface area contributed by atoms with Gasteiger partial charge < -0.3 is 0 Å². The van der Waals surface area contributed by atoms with Gasteiger partial charge in [0.15, 0.2) is 11.2 Å². The van der Waals surface area contributed by atoms with Crippen LogP contribution in [0.4, 0.5) is 11.4 Å². The molecule has 0 spiro atoms. The highest BCUT2D eigenvalue weighted by Gasteiger charge is 2.48. The van der Waals surface area contributed by atoms with Crippen molar-refractivity contribution >= 4 is 11.4 Å². The molecule has 0 aromatic heterocycles. The van der Waals surface area contributed by atoms with Gasteiger partial charge in [-0.15, -0.1) is 20.2 Å². The molecule has 20 nitrogen and oxygen atoms in total.